The maximum absolute atomic E-state index is 10.8. The van der Waals surface area contributed by atoms with E-state index in [-0.39, 0.29) is 22.2 Å². The van der Waals surface area contributed by atoms with Gasteiger partial charge in [-0.05, 0) is 35.9 Å². The fourth-order valence-electron chi connectivity index (χ4n) is 1.44. The van der Waals surface area contributed by atoms with E-state index < -0.39 is 6.10 Å². The van der Waals surface area contributed by atoms with Crippen molar-refractivity contribution in [1.82, 2.24) is 5.32 Å². The molecule has 0 aromatic carbocycles. The number of aliphatic hydroxyl groups excluding tert-OH is 1. The summed E-state index contributed by atoms with van der Waals surface area (Å²) in [5, 5.41) is 12.4. The van der Waals surface area contributed by atoms with Crippen LogP contribution >= 0.6 is 22.6 Å². The van der Waals surface area contributed by atoms with E-state index in [0.29, 0.717) is 6.42 Å². The molecule has 3 unspecified atom stereocenters. The van der Waals surface area contributed by atoms with Crippen LogP contribution in [-0.4, -0.2) is 33.4 Å². The lowest BCUT2D eigenvalue weighted by molar-refractivity contribution is -0.124. The SMILES string of the molecule is CC(=O)NC1CC(C)O[C@@H](I)C1O. The molecule has 2 N–H and O–H groups in total. The first kappa shape index (κ1) is 11.2. The van der Waals surface area contributed by atoms with E-state index in [9.17, 15) is 9.90 Å². The largest absolute Gasteiger partial charge is 0.387 e. The number of carbonyl (C=O) groups is 1. The Kier molecular flexibility index (Phi) is 3.93. The third-order valence-electron chi connectivity index (χ3n) is 2.02. The summed E-state index contributed by atoms with van der Waals surface area (Å²) in [5.41, 5.74) is 0. The van der Waals surface area contributed by atoms with Gasteiger partial charge in [-0.25, -0.2) is 0 Å². The quantitative estimate of drug-likeness (QED) is 0.545. The van der Waals surface area contributed by atoms with Crippen LogP contribution in [-0.2, 0) is 9.53 Å². The van der Waals surface area contributed by atoms with E-state index in [4.69, 9.17) is 4.74 Å². The Hall–Kier alpha value is 0.120. The van der Waals surface area contributed by atoms with Crippen molar-refractivity contribution in [3.63, 3.8) is 0 Å². The van der Waals surface area contributed by atoms with Crippen molar-refractivity contribution in [2.24, 2.45) is 0 Å². The average Bonchev–Trinajstić information content (AvgIpc) is 1.98. The molecule has 76 valence electrons. The molecule has 5 heteroatoms. The van der Waals surface area contributed by atoms with E-state index >= 15 is 0 Å². The van der Waals surface area contributed by atoms with Crippen molar-refractivity contribution >= 4 is 28.5 Å². The van der Waals surface area contributed by atoms with Gasteiger partial charge in [-0.2, -0.15) is 0 Å². The van der Waals surface area contributed by atoms with Gasteiger partial charge < -0.3 is 15.2 Å². The number of carbonyl (C=O) groups excluding carboxylic acids is 1. The Morgan fingerprint density at radius 1 is 1.69 bits per heavy atom. The van der Waals surface area contributed by atoms with E-state index in [1.54, 1.807) is 0 Å². The molecule has 1 fully saturated rings. The first-order chi connectivity index (χ1) is 6.00. The summed E-state index contributed by atoms with van der Waals surface area (Å²) < 4.78 is 5.16. The number of amides is 1. The van der Waals surface area contributed by atoms with Gasteiger partial charge >= 0.3 is 0 Å². The molecule has 4 atom stereocenters. The van der Waals surface area contributed by atoms with Gasteiger partial charge in [-0.3, -0.25) is 4.79 Å². The summed E-state index contributed by atoms with van der Waals surface area (Å²) in [7, 11) is 0. The Bertz CT molecular complexity index is 200. The molecule has 0 aromatic rings. The molecule has 1 heterocycles. The Morgan fingerprint density at radius 3 is 2.85 bits per heavy atom. The molecule has 0 saturated carbocycles. The van der Waals surface area contributed by atoms with Crippen LogP contribution in [0.1, 0.15) is 20.3 Å². The number of hydrogen-bond donors (Lipinski definition) is 2. The van der Waals surface area contributed by atoms with E-state index in [2.05, 4.69) is 5.32 Å². The fraction of sp³-hybridized carbons (Fsp3) is 0.875. The third kappa shape index (κ3) is 3.07. The maximum Gasteiger partial charge on any atom is 0.217 e. The molecule has 0 aromatic heterocycles. The minimum Gasteiger partial charge on any atom is -0.387 e. The van der Waals surface area contributed by atoms with Crippen LogP contribution in [0.4, 0.5) is 0 Å². The lowest BCUT2D eigenvalue weighted by Crippen LogP contribution is -2.52. The highest BCUT2D eigenvalue weighted by Crippen LogP contribution is 2.24. The minimum atomic E-state index is -0.610. The zero-order valence-corrected chi connectivity index (χ0v) is 9.82. The number of rotatable bonds is 1. The first-order valence-electron chi connectivity index (χ1n) is 4.25. The topological polar surface area (TPSA) is 58.6 Å². The van der Waals surface area contributed by atoms with Crippen LogP contribution in [0.15, 0.2) is 0 Å². The normalized spacial score (nSPS) is 40.0. The van der Waals surface area contributed by atoms with Crippen LogP contribution in [0.2, 0.25) is 0 Å². The molecule has 0 aliphatic carbocycles. The van der Waals surface area contributed by atoms with Crippen molar-refractivity contribution in [2.75, 3.05) is 0 Å². The van der Waals surface area contributed by atoms with Crippen LogP contribution in [0.3, 0.4) is 0 Å². The minimum absolute atomic E-state index is 0.0853. The monoisotopic (exact) mass is 299 g/mol. The highest BCUT2D eigenvalue weighted by atomic mass is 127. The predicted octanol–water partition coefficient (Wildman–Crippen LogP) is 0.422. The molecule has 0 spiro atoms. The second kappa shape index (κ2) is 4.56. The smallest absolute Gasteiger partial charge is 0.217 e. The van der Waals surface area contributed by atoms with Crippen LogP contribution in [0, 0.1) is 0 Å². The summed E-state index contributed by atoms with van der Waals surface area (Å²) >= 11 is 2.04. The van der Waals surface area contributed by atoms with E-state index in [0.717, 1.165) is 0 Å². The standard InChI is InChI=1S/C8H14INO3/c1-4-3-6(10-5(2)11)7(12)8(9)13-4/h4,6-8,12H,3H2,1-2H3,(H,10,11)/t4?,6?,7?,8-/m1/s1. The summed E-state index contributed by atoms with van der Waals surface area (Å²) in [6.07, 6.45) is 0.142. The second-order valence-electron chi connectivity index (χ2n) is 3.33. The highest BCUT2D eigenvalue weighted by Gasteiger charge is 2.34. The van der Waals surface area contributed by atoms with Gasteiger partial charge in [0.05, 0.1) is 12.1 Å². The predicted molar refractivity (Wildman–Crippen MR) is 56.6 cm³/mol. The Labute approximate surface area is 91.2 Å². The number of aliphatic hydroxyl groups is 1. The van der Waals surface area contributed by atoms with Crippen LogP contribution < -0.4 is 5.32 Å². The van der Waals surface area contributed by atoms with Gasteiger partial charge in [0, 0.05) is 6.92 Å². The van der Waals surface area contributed by atoms with Crippen molar-refractivity contribution in [3.05, 3.63) is 0 Å². The Balaban J connectivity index is 2.55. The van der Waals surface area contributed by atoms with E-state index in [1.165, 1.54) is 6.92 Å². The van der Waals surface area contributed by atoms with Gasteiger partial charge in [0.2, 0.25) is 5.91 Å². The Morgan fingerprint density at radius 2 is 2.31 bits per heavy atom. The van der Waals surface area contributed by atoms with Crippen LogP contribution in [0.5, 0.6) is 0 Å². The first-order valence-corrected chi connectivity index (χ1v) is 5.50. The fourth-order valence-corrected chi connectivity index (χ4v) is 2.45. The van der Waals surface area contributed by atoms with Gasteiger partial charge in [0.25, 0.3) is 0 Å². The number of nitrogens with one attached hydrogen (secondary N) is 1. The van der Waals surface area contributed by atoms with Crippen molar-refractivity contribution < 1.29 is 14.6 Å². The van der Waals surface area contributed by atoms with Crippen LogP contribution in [0.25, 0.3) is 0 Å². The molecule has 1 saturated heterocycles. The lowest BCUT2D eigenvalue weighted by atomic mass is 10.0. The second-order valence-corrected chi connectivity index (χ2v) is 4.56. The molecule has 0 bridgehead atoms. The van der Waals surface area contributed by atoms with Gasteiger partial charge in [-0.1, -0.05) is 0 Å². The van der Waals surface area contributed by atoms with E-state index in [1.807, 2.05) is 29.5 Å². The molecule has 1 aliphatic heterocycles. The molecule has 1 amide bonds. The summed E-state index contributed by atoms with van der Waals surface area (Å²) in [6.45, 7) is 3.39. The number of alkyl halides is 1. The molecular weight excluding hydrogens is 285 g/mol. The average molecular weight is 299 g/mol. The lowest BCUT2D eigenvalue weighted by Gasteiger charge is -2.35. The summed E-state index contributed by atoms with van der Waals surface area (Å²) in [5.74, 6) is -0.109. The zero-order chi connectivity index (χ0) is 10.0. The van der Waals surface area contributed by atoms with Crippen molar-refractivity contribution in [1.29, 1.82) is 0 Å². The molecule has 0 radical (unpaired) electrons. The molecule has 13 heavy (non-hydrogen) atoms. The molecular formula is C8H14INO3. The molecule has 1 rings (SSSR count). The summed E-state index contributed by atoms with van der Waals surface area (Å²) in [6, 6.07) is -0.178. The third-order valence-corrected chi connectivity index (χ3v) is 3.05. The molecule has 1 aliphatic rings. The number of ether oxygens (including phenoxy) is 1. The van der Waals surface area contributed by atoms with Crippen molar-refractivity contribution in [2.45, 2.75) is 42.6 Å². The number of hydrogen-bond acceptors (Lipinski definition) is 3. The number of halogens is 1. The van der Waals surface area contributed by atoms with Gasteiger partial charge in [0.15, 0.2) is 0 Å². The van der Waals surface area contributed by atoms with Gasteiger partial charge in [0.1, 0.15) is 10.2 Å². The highest BCUT2D eigenvalue weighted by molar-refractivity contribution is 14.1. The summed E-state index contributed by atoms with van der Waals surface area (Å²) in [4.78, 5) is 10.8. The van der Waals surface area contributed by atoms with Gasteiger partial charge in [-0.15, -0.1) is 0 Å². The van der Waals surface area contributed by atoms with Crippen molar-refractivity contribution in [3.8, 4) is 0 Å². The molecule has 4 nitrogen and oxygen atoms in total. The maximum atomic E-state index is 10.8. The zero-order valence-electron chi connectivity index (χ0n) is 7.66.